The number of carbonyl (C=O) groups is 1. The normalized spacial score (nSPS) is 11.0. The molecule has 4 nitrogen and oxygen atoms in total. The largest absolute Gasteiger partial charge is 0.496 e. The van der Waals surface area contributed by atoms with Crippen molar-refractivity contribution >= 4 is 5.97 Å². The molecule has 0 spiro atoms. The number of nitrogens with zero attached hydrogens (tertiary/aromatic N) is 1. The first-order valence-corrected chi connectivity index (χ1v) is 6.02. The van der Waals surface area contributed by atoms with Crippen LogP contribution in [-0.2, 0) is 6.54 Å². The summed E-state index contributed by atoms with van der Waals surface area (Å²) in [5.74, 6) is 0.0326. The van der Waals surface area contributed by atoms with Gasteiger partial charge in [-0.15, -0.1) is 0 Å². The Hall–Kier alpha value is -1.55. The van der Waals surface area contributed by atoms with E-state index in [1.54, 1.807) is 12.1 Å². The molecule has 0 heterocycles. The van der Waals surface area contributed by atoms with Crippen molar-refractivity contribution in [2.45, 2.75) is 20.4 Å². The Morgan fingerprint density at radius 3 is 2.61 bits per heavy atom. The fourth-order valence-corrected chi connectivity index (χ4v) is 2.02. The third-order valence-electron chi connectivity index (χ3n) is 2.62. The molecule has 0 saturated carbocycles. The highest BCUT2D eigenvalue weighted by molar-refractivity contribution is 5.91. The zero-order chi connectivity index (χ0) is 13.7. The van der Waals surface area contributed by atoms with Crippen LogP contribution in [0.3, 0.4) is 0 Å². The van der Waals surface area contributed by atoms with E-state index in [1.807, 2.05) is 13.1 Å². The lowest BCUT2D eigenvalue weighted by molar-refractivity contribution is 0.0693. The van der Waals surface area contributed by atoms with Crippen molar-refractivity contribution in [2.24, 2.45) is 5.92 Å². The average Bonchev–Trinajstić information content (AvgIpc) is 2.27. The third kappa shape index (κ3) is 4.04. The number of carboxylic acids is 1. The van der Waals surface area contributed by atoms with E-state index in [2.05, 4.69) is 18.7 Å². The van der Waals surface area contributed by atoms with Crippen molar-refractivity contribution in [1.82, 2.24) is 4.90 Å². The predicted molar refractivity (Wildman–Crippen MR) is 71.1 cm³/mol. The number of hydrogen-bond acceptors (Lipinski definition) is 3. The quantitative estimate of drug-likeness (QED) is 0.844. The van der Waals surface area contributed by atoms with Crippen molar-refractivity contribution in [3.8, 4) is 5.75 Å². The van der Waals surface area contributed by atoms with E-state index in [1.165, 1.54) is 7.11 Å². The summed E-state index contributed by atoms with van der Waals surface area (Å²) in [5, 5.41) is 9.11. The first-order chi connectivity index (χ1) is 8.43. The van der Waals surface area contributed by atoms with Gasteiger partial charge >= 0.3 is 5.97 Å². The van der Waals surface area contributed by atoms with Crippen molar-refractivity contribution < 1.29 is 14.6 Å². The van der Waals surface area contributed by atoms with Gasteiger partial charge in [0.1, 0.15) is 11.3 Å². The standard InChI is InChI=1S/C14H21NO3/c1-10(2)8-15(3)9-11-5-6-13(18-4)12(7-11)14(16)17/h5-7,10H,8-9H2,1-4H3,(H,16,17). The molecule has 0 aromatic heterocycles. The maximum absolute atomic E-state index is 11.1. The van der Waals surface area contributed by atoms with Crippen molar-refractivity contribution in [1.29, 1.82) is 0 Å². The topological polar surface area (TPSA) is 49.8 Å². The summed E-state index contributed by atoms with van der Waals surface area (Å²) < 4.78 is 5.04. The second-order valence-electron chi connectivity index (χ2n) is 4.93. The van der Waals surface area contributed by atoms with Gasteiger partial charge < -0.3 is 14.7 Å². The molecule has 1 aromatic rings. The van der Waals surface area contributed by atoms with E-state index >= 15 is 0 Å². The molecule has 0 aliphatic rings. The molecule has 1 N–H and O–H groups in total. The second-order valence-corrected chi connectivity index (χ2v) is 4.93. The van der Waals surface area contributed by atoms with Gasteiger partial charge in [-0.2, -0.15) is 0 Å². The molecule has 4 heteroatoms. The summed E-state index contributed by atoms with van der Waals surface area (Å²) in [6, 6.07) is 5.29. The van der Waals surface area contributed by atoms with Crippen LogP contribution in [0.25, 0.3) is 0 Å². The van der Waals surface area contributed by atoms with Gasteiger partial charge in [-0.05, 0) is 30.7 Å². The number of rotatable bonds is 6. The van der Waals surface area contributed by atoms with Gasteiger partial charge in [-0.3, -0.25) is 0 Å². The molecule has 0 aliphatic heterocycles. The predicted octanol–water partition coefficient (Wildman–Crippen LogP) is 2.48. The molecule has 0 bridgehead atoms. The maximum atomic E-state index is 11.1. The lowest BCUT2D eigenvalue weighted by atomic mass is 10.1. The van der Waals surface area contributed by atoms with E-state index in [0.29, 0.717) is 11.7 Å². The average molecular weight is 251 g/mol. The van der Waals surface area contributed by atoms with Crippen LogP contribution in [0.4, 0.5) is 0 Å². The van der Waals surface area contributed by atoms with E-state index in [-0.39, 0.29) is 5.56 Å². The van der Waals surface area contributed by atoms with Gasteiger partial charge in [0.15, 0.2) is 0 Å². The Morgan fingerprint density at radius 1 is 1.44 bits per heavy atom. The number of carboxylic acid groups (broad SMARTS) is 1. The number of aromatic carboxylic acids is 1. The Bertz CT molecular complexity index is 416. The number of ether oxygens (including phenoxy) is 1. The summed E-state index contributed by atoms with van der Waals surface area (Å²) in [7, 11) is 3.51. The number of benzene rings is 1. The fraction of sp³-hybridized carbons (Fsp3) is 0.500. The molecule has 0 saturated heterocycles. The van der Waals surface area contributed by atoms with E-state index in [9.17, 15) is 4.79 Å². The fourth-order valence-electron chi connectivity index (χ4n) is 2.02. The van der Waals surface area contributed by atoms with Gasteiger partial charge in [0.05, 0.1) is 7.11 Å². The zero-order valence-electron chi connectivity index (χ0n) is 11.4. The van der Waals surface area contributed by atoms with E-state index in [0.717, 1.165) is 18.7 Å². The molecule has 0 amide bonds. The van der Waals surface area contributed by atoms with Crippen LogP contribution in [-0.4, -0.2) is 36.7 Å². The molecule has 100 valence electrons. The first kappa shape index (κ1) is 14.5. The Labute approximate surface area is 108 Å². The minimum absolute atomic E-state index is 0.216. The lowest BCUT2D eigenvalue weighted by Gasteiger charge is -2.19. The Kier molecular flexibility index (Phi) is 5.16. The van der Waals surface area contributed by atoms with Crippen LogP contribution < -0.4 is 4.74 Å². The van der Waals surface area contributed by atoms with E-state index in [4.69, 9.17) is 9.84 Å². The van der Waals surface area contributed by atoms with Crippen molar-refractivity contribution in [2.75, 3.05) is 20.7 Å². The summed E-state index contributed by atoms with van der Waals surface area (Å²) >= 11 is 0. The third-order valence-corrected chi connectivity index (χ3v) is 2.62. The van der Waals surface area contributed by atoms with Gasteiger partial charge in [-0.25, -0.2) is 4.79 Å². The van der Waals surface area contributed by atoms with Crippen LogP contribution in [0.15, 0.2) is 18.2 Å². The maximum Gasteiger partial charge on any atom is 0.339 e. The van der Waals surface area contributed by atoms with Gasteiger partial charge in [-0.1, -0.05) is 19.9 Å². The molecular weight excluding hydrogens is 230 g/mol. The second kappa shape index (κ2) is 6.40. The van der Waals surface area contributed by atoms with Crippen LogP contribution in [0, 0.1) is 5.92 Å². The minimum Gasteiger partial charge on any atom is -0.496 e. The van der Waals surface area contributed by atoms with Crippen LogP contribution in [0.1, 0.15) is 29.8 Å². The van der Waals surface area contributed by atoms with Crippen LogP contribution >= 0.6 is 0 Å². The SMILES string of the molecule is COc1ccc(CN(C)CC(C)C)cc1C(=O)O. The van der Waals surface area contributed by atoms with Crippen molar-refractivity contribution in [3.63, 3.8) is 0 Å². The summed E-state index contributed by atoms with van der Waals surface area (Å²) in [6.07, 6.45) is 0. The lowest BCUT2D eigenvalue weighted by Crippen LogP contribution is -2.22. The molecule has 0 radical (unpaired) electrons. The van der Waals surface area contributed by atoms with Gasteiger partial charge in [0.25, 0.3) is 0 Å². The number of methoxy groups -OCH3 is 1. The molecule has 1 rings (SSSR count). The summed E-state index contributed by atoms with van der Waals surface area (Å²) in [6.45, 7) is 6.04. The molecule has 18 heavy (non-hydrogen) atoms. The highest BCUT2D eigenvalue weighted by Crippen LogP contribution is 2.20. The monoisotopic (exact) mass is 251 g/mol. The summed E-state index contributed by atoms with van der Waals surface area (Å²) in [4.78, 5) is 13.3. The number of hydrogen-bond donors (Lipinski definition) is 1. The first-order valence-electron chi connectivity index (χ1n) is 6.02. The molecule has 0 atom stereocenters. The molecular formula is C14H21NO3. The Balaban J connectivity index is 2.85. The minimum atomic E-state index is -0.958. The molecule has 1 aromatic carbocycles. The van der Waals surface area contributed by atoms with Gasteiger partial charge in [0, 0.05) is 13.1 Å². The highest BCUT2D eigenvalue weighted by atomic mass is 16.5. The summed E-state index contributed by atoms with van der Waals surface area (Å²) in [5.41, 5.74) is 1.20. The molecule has 0 unspecified atom stereocenters. The van der Waals surface area contributed by atoms with Crippen LogP contribution in [0.5, 0.6) is 5.75 Å². The smallest absolute Gasteiger partial charge is 0.339 e. The van der Waals surface area contributed by atoms with Crippen molar-refractivity contribution in [3.05, 3.63) is 29.3 Å². The van der Waals surface area contributed by atoms with E-state index < -0.39 is 5.97 Å². The van der Waals surface area contributed by atoms with Gasteiger partial charge in [0.2, 0.25) is 0 Å². The molecule has 0 aliphatic carbocycles. The highest BCUT2D eigenvalue weighted by Gasteiger charge is 2.12. The Morgan fingerprint density at radius 2 is 2.11 bits per heavy atom. The molecule has 0 fully saturated rings. The van der Waals surface area contributed by atoms with Crippen LogP contribution in [0.2, 0.25) is 0 Å². The zero-order valence-corrected chi connectivity index (χ0v) is 11.4.